The van der Waals surface area contributed by atoms with Gasteiger partial charge in [0.15, 0.2) is 0 Å². The zero-order valence-corrected chi connectivity index (χ0v) is 5.54. The maximum absolute atomic E-state index is 10.0. The van der Waals surface area contributed by atoms with Crippen molar-refractivity contribution in [2.45, 2.75) is 6.92 Å². The van der Waals surface area contributed by atoms with Crippen LogP contribution >= 0.6 is 0 Å². The lowest BCUT2D eigenvalue weighted by Gasteiger charge is -2.11. The molecule has 9 heavy (non-hydrogen) atoms. The van der Waals surface area contributed by atoms with Gasteiger partial charge in [0.05, 0.1) is 6.61 Å². The SMILES string of the molecule is C=CCON(C=O)CC. The highest BCUT2D eigenvalue weighted by Crippen LogP contribution is 1.83. The first-order chi connectivity index (χ1) is 4.35. The molecule has 0 atom stereocenters. The predicted octanol–water partition coefficient (Wildman–Crippen LogP) is 0.582. The lowest BCUT2D eigenvalue weighted by molar-refractivity contribution is -0.165. The van der Waals surface area contributed by atoms with Crippen LogP contribution in [0.15, 0.2) is 12.7 Å². The van der Waals surface area contributed by atoms with E-state index in [0.29, 0.717) is 19.6 Å². The van der Waals surface area contributed by atoms with Gasteiger partial charge in [-0.15, -0.1) is 6.58 Å². The molecule has 0 unspecified atom stereocenters. The van der Waals surface area contributed by atoms with E-state index >= 15 is 0 Å². The van der Waals surface area contributed by atoms with Crippen LogP contribution in [0.2, 0.25) is 0 Å². The van der Waals surface area contributed by atoms with Crippen molar-refractivity contribution < 1.29 is 9.63 Å². The normalized spacial score (nSPS) is 8.56. The number of hydrogen-bond donors (Lipinski definition) is 0. The Kier molecular flexibility index (Phi) is 4.82. The summed E-state index contributed by atoms with van der Waals surface area (Å²) in [4.78, 5) is 14.8. The van der Waals surface area contributed by atoms with Gasteiger partial charge in [0.2, 0.25) is 6.41 Å². The Morgan fingerprint density at radius 2 is 2.44 bits per heavy atom. The molecule has 3 nitrogen and oxygen atoms in total. The fraction of sp³-hybridized carbons (Fsp3) is 0.500. The third-order valence-corrected chi connectivity index (χ3v) is 0.787. The molecule has 0 aromatic rings. The highest BCUT2D eigenvalue weighted by atomic mass is 16.7. The van der Waals surface area contributed by atoms with Gasteiger partial charge in [-0.3, -0.25) is 9.63 Å². The summed E-state index contributed by atoms with van der Waals surface area (Å²) in [5, 5.41) is 1.21. The quantitative estimate of drug-likeness (QED) is 0.309. The van der Waals surface area contributed by atoms with E-state index in [4.69, 9.17) is 4.84 Å². The van der Waals surface area contributed by atoms with Crippen molar-refractivity contribution in [3.05, 3.63) is 12.7 Å². The molecule has 0 aliphatic heterocycles. The number of carbonyl (C=O) groups excluding carboxylic acids is 1. The Bertz CT molecular complexity index is 93.1. The van der Waals surface area contributed by atoms with E-state index in [1.165, 1.54) is 5.06 Å². The third-order valence-electron chi connectivity index (χ3n) is 0.787. The van der Waals surface area contributed by atoms with Crippen molar-refractivity contribution >= 4 is 6.41 Å². The van der Waals surface area contributed by atoms with Gasteiger partial charge in [-0.1, -0.05) is 6.08 Å². The lowest BCUT2D eigenvalue weighted by atomic mass is 10.7. The van der Waals surface area contributed by atoms with Crippen molar-refractivity contribution in [3.8, 4) is 0 Å². The van der Waals surface area contributed by atoms with Gasteiger partial charge in [0.1, 0.15) is 0 Å². The summed E-state index contributed by atoms with van der Waals surface area (Å²) in [6.45, 7) is 6.21. The number of rotatable bonds is 5. The predicted molar refractivity (Wildman–Crippen MR) is 34.6 cm³/mol. The van der Waals surface area contributed by atoms with Crippen LogP contribution in [0, 0.1) is 0 Å². The minimum atomic E-state index is 0.382. The van der Waals surface area contributed by atoms with E-state index in [2.05, 4.69) is 6.58 Å². The van der Waals surface area contributed by atoms with E-state index < -0.39 is 0 Å². The molecule has 52 valence electrons. The highest BCUT2D eigenvalue weighted by Gasteiger charge is 1.92. The molecule has 0 aromatic heterocycles. The van der Waals surface area contributed by atoms with Crippen molar-refractivity contribution in [3.63, 3.8) is 0 Å². The zero-order valence-electron chi connectivity index (χ0n) is 5.54. The molecule has 0 aliphatic carbocycles. The van der Waals surface area contributed by atoms with Crippen molar-refractivity contribution in [2.24, 2.45) is 0 Å². The standard InChI is InChI=1S/C6H11NO2/c1-3-5-9-7(4-2)6-8/h3,6H,1,4-5H2,2H3. The summed E-state index contributed by atoms with van der Waals surface area (Å²) in [6.07, 6.45) is 2.23. The van der Waals surface area contributed by atoms with E-state index in [1.54, 1.807) is 6.08 Å². The van der Waals surface area contributed by atoms with Crippen molar-refractivity contribution in [1.82, 2.24) is 5.06 Å². The van der Waals surface area contributed by atoms with Crippen LogP contribution in [-0.2, 0) is 9.63 Å². The summed E-state index contributed by atoms with van der Waals surface area (Å²) in [5.41, 5.74) is 0. The number of amides is 1. The summed E-state index contributed by atoms with van der Waals surface area (Å²) >= 11 is 0. The molecule has 0 bridgehead atoms. The number of hydroxylamine groups is 2. The Hall–Kier alpha value is -0.830. The topological polar surface area (TPSA) is 29.5 Å². The van der Waals surface area contributed by atoms with E-state index in [9.17, 15) is 4.79 Å². The smallest absolute Gasteiger partial charge is 0.233 e. The Balaban J connectivity index is 3.30. The molecular weight excluding hydrogens is 118 g/mol. The number of nitrogens with zero attached hydrogens (tertiary/aromatic N) is 1. The van der Waals surface area contributed by atoms with Crippen LogP contribution in [0.1, 0.15) is 6.92 Å². The minimum Gasteiger partial charge on any atom is -0.276 e. The van der Waals surface area contributed by atoms with E-state index in [0.717, 1.165) is 0 Å². The molecular formula is C6H11NO2. The first kappa shape index (κ1) is 8.17. The minimum absolute atomic E-state index is 0.382. The zero-order chi connectivity index (χ0) is 7.11. The molecule has 0 saturated carbocycles. The van der Waals surface area contributed by atoms with Gasteiger partial charge < -0.3 is 0 Å². The van der Waals surface area contributed by atoms with E-state index in [-0.39, 0.29) is 0 Å². The van der Waals surface area contributed by atoms with Gasteiger partial charge in [-0.05, 0) is 6.92 Å². The second-order valence-electron chi connectivity index (χ2n) is 1.42. The van der Waals surface area contributed by atoms with Gasteiger partial charge in [0, 0.05) is 6.54 Å². The van der Waals surface area contributed by atoms with Crippen molar-refractivity contribution in [1.29, 1.82) is 0 Å². The summed E-state index contributed by atoms with van der Waals surface area (Å²) < 4.78 is 0. The third kappa shape index (κ3) is 3.73. The molecule has 0 heterocycles. The van der Waals surface area contributed by atoms with Crippen molar-refractivity contribution in [2.75, 3.05) is 13.2 Å². The van der Waals surface area contributed by atoms with Crippen LogP contribution in [0.25, 0.3) is 0 Å². The molecule has 1 amide bonds. The molecule has 0 saturated heterocycles. The average molecular weight is 129 g/mol. The first-order valence-electron chi connectivity index (χ1n) is 2.80. The van der Waals surface area contributed by atoms with Crippen LogP contribution < -0.4 is 0 Å². The maximum Gasteiger partial charge on any atom is 0.233 e. The fourth-order valence-electron chi connectivity index (χ4n) is 0.345. The Labute approximate surface area is 54.9 Å². The number of hydrogen-bond acceptors (Lipinski definition) is 2. The van der Waals surface area contributed by atoms with Gasteiger partial charge in [-0.2, -0.15) is 0 Å². The summed E-state index contributed by atoms with van der Waals surface area (Å²) in [7, 11) is 0. The van der Waals surface area contributed by atoms with Crippen LogP contribution in [0.4, 0.5) is 0 Å². The maximum atomic E-state index is 10.0. The lowest BCUT2D eigenvalue weighted by Crippen LogP contribution is -2.21. The van der Waals surface area contributed by atoms with Gasteiger partial charge in [-0.25, -0.2) is 5.06 Å². The Morgan fingerprint density at radius 1 is 1.78 bits per heavy atom. The largest absolute Gasteiger partial charge is 0.276 e. The van der Waals surface area contributed by atoms with E-state index in [1.807, 2.05) is 6.92 Å². The summed E-state index contributed by atoms with van der Waals surface area (Å²) in [5.74, 6) is 0. The van der Waals surface area contributed by atoms with Crippen LogP contribution in [0.5, 0.6) is 0 Å². The first-order valence-corrected chi connectivity index (χ1v) is 2.80. The molecule has 0 spiro atoms. The highest BCUT2D eigenvalue weighted by molar-refractivity contribution is 5.44. The molecule has 0 radical (unpaired) electrons. The monoisotopic (exact) mass is 129 g/mol. The van der Waals surface area contributed by atoms with Gasteiger partial charge >= 0.3 is 0 Å². The number of carbonyl (C=O) groups is 1. The molecule has 0 rings (SSSR count). The Morgan fingerprint density at radius 3 is 2.78 bits per heavy atom. The molecule has 0 aliphatic rings. The molecule has 0 N–H and O–H groups in total. The van der Waals surface area contributed by atoms with Crippen LogP contribution in [0.3, 0.4) is 0 Å². The molecule has 3 heteroatoms. The second kappa shape index (κ2) is 5.31. The fourth-order valence-corrected chi connectivity index (χ4v) is 0.345. The second-order valence-corrected chi connectivity index (χ2v) is 1.42. The summed E-state index contributed by atoms with van der Waals surface area (Å²) in [6, 6.07) is 0. The van der Waals surface area contributed by atoms with Gasteiger partial charge in [0.25, 0.3) is 0 Å². The average Bonchev–Trinajstić information content (AvgIpc) is 1.91. The molecule has 0 aromatic carbocycles. The van der Waals surface area contributed by atoms with Crippen LogP contribution in [-0.4, -0.2) is 24.6 Å². The molecule has 0 fully saturated rings.